The molecule has 0 unspecified atom stereocenters. The molecule has 0 radical (unpaired) electrons. The molecular formula is C38H22N2. The van der Waals surface area contributed by atoms with E-state index in [9.17, 15) is 0 Å². The molecule has 0 atom stereocenters. The standard InChI is InChI=1S/C38H22N2/c1-3-9-23-21(7-1)19-30-25(23)17-18-32-35(30)29-12-6-14-34-38(29)39(32)33-13-5-11-27-28-16-15-26-24-10-4-2-8-22(24)20-31(26)36(28)40(34)37(27)33/h1-18H,19-20H2. The summed E-state index contributed by atoms with van der Waals surface area (Å²) in [6, 6.07) is 41.1. The van der Waals surface area contributed by atoms with Crippen LogP contribution in [-0.4, -0.2) is 8.80 Å². The first kappa shape index (κ1) is 19.9. The summed E-state index contributed by atoms with van der Waals surface area (Å²) in [6.07, 6.45) is 1.98. The fourth-order valence-corrected chi connectivity index (χ4v) is 8.39. The van der Waals surface area contributed by atoms with E-state index in [1.54, 1.807) is 0 Å². The fraction of sp³-hybridized carbons (Fsp3) is 0.0526. The SMILES string of the molecule is c1ccc2c(c1)Cc1c-2ccc2c1c1cccc3c1n2c1cccc2c4ccc5c(c4n3c21)Cc1ccccc1-5. The number of hydrogen-bond acceptors (Lipinski definition) is 0. The van der Waals surface area contributed by atoms with Gasteiger partial charge in [-0.05, 0) is 69.1 Å². The Kier molecular flexibility index (Phi) is 3.26. The van der Waals surface area contributed by atoms with Gasteiger partial charge in [0, 0.05) is 28.0 Å². The number of benzene rings is 6. The van der Waals surface area contributed by atoms with Gasteiger partial charge < -0.3 is 8.80 Å². The quantitative estimate of drug-likeness (QED) is 0.181. The third-order valence-corrected chi connectivity index (χ3v) is 9.91. The van der Waals surface area contributed by atoms with Gasteiger partial charge in [-0.15, -0.1) is 0 Å². The Morgan fingerprint density at radius 1 is 0.375 bits per heavy atom. The first-order valence-electron chi connectivity index (χ1n) is 14.2. The minimum absolute atomic E-state index is 0.985. The maximum Gasteiger partial charge on any atom is 0.0783 e. The molecule has 0 amide bonds. The topological polar surface area (TPSA) is 8.82 Å². The Balaban J connectivity index is 1.38. The molecule has 2 aliphatic carbocycles. The Hall–Kier alpha value is -5.08. The van der Waals surface area contributed by atoms with Crippen molar-refractivity contribution >= 4 is 54.6 Å². The maximum absolute atomic E-state index is 2.60. The lowest BCUT2D eigenvalue weighted by Crippen LogP contribution is -1.98. The average Bonchev–Trinajstić information content (AvgIpc) is 3.74. The van der Waals surface area contributed by atoms with Crippen LogP contribution in [0.2, 0.25) is 0 Å². The summed E-state index contributed by atoms with van der Waals surface area (Å²) < 4.78 is 5.15. The second-order valence-corrected chi connectivity index (χ2v) is 11.7. The molecule has 0 fully saturated rings. The molecule has 0 aliphatic heterocycles. The van der Waals surface area contributed by atoms with E-state index in [0.29, 0.717) is 0 Å². The molecule has 0 bridgehead atoms. The van der Waals surface area contributed by atoms with Gasteiger partial charge in [0.2, 0.25) is 0 Å². The average molecular weight is 507 g/mol. The van der Waals surface area contributed by atoms with Crippen molar-refractivity contribution in [3.63, 3.8) is 0 Å². The lowest BCUT2D eigenvalue weighted by atomic mass is 10.0. The van der Waals surface area contributed by atoms with Gasteiger partial charge in [0.25, 0.3) is 0 Å². The van der Waals surface area contributed by atoms with Gasteiger partial charge >= 0.3 is 0 Å². The zero-order valence-corrected chi connectivity index (χ0v) is 21.7. The van der Waals surface area contributed by atoms with Gasteiger partial charge in [0.05, 0.1) is 33.1 Å². The number of fused-ring (bicyclic) bond motifs is 16. The van der Waals surface area contributed by atoms with Crippen LogP contribution in [0.5, 0.6) is 0 Å². The molecule has 2 nitrogen and oxygen atoms in total. The Labute approximate surface area is 229 Å². The molecule has 40 heavy (non-hydrogen) atoms. The molecule has 2 aliphatic rings. The summed E-state index contributed by atoms with van der Waals surface area (Å²) in [5, 5.41) is 5.46. The highest BCUT2D eigenvalue weighted by atomic mass is 15.0. The molecule has 0 saturated heterocycles. The van der Waals surface area contributed by atoms with Crippen LogP contribution in [0.4, 0.5) is 0 Å². The van der Waals surface area contributed by atoms with Gasteiger partial charge in [0.15, 0.2) is 0 Å². The molecule has 6 aromatic carbocycles. The van der Waals surface area contributed by atoms with Crippen LogP contribution in [0.25, 0.3) is 76.9 Å². The highest BCUT2D eigenvalue weighted by Crippen LogP contribution is 2.48. The lowest BCUT2D eigenvalue weighted by molar-refractivity contribution is 1.22. The zero-order chi connectivity index (χ0) is 25.7. The molecule has 2 heteroatoms. The predicted octanol–water partition coefficient (Wildman–Crippen LogP) is 9.38. The summed E-state index contributed by atoms with van der Waals surface area (Å²) >= 11 is 0. The first-order valence-corrected chi connectivity index (χ1v) is 14.2. The number of nitrogens with zero attached hydrogens (tertiary/aromatic N) is 2. The van der Waals surface area contributed by atoms with Crippen LogP contribution in [0, 0.1) is 0 Å². The van der Waals surface area contributed by atoms with Crippen LogP contribution in [0.3, 0.4) is 0 Å². The molecule has 184 valence electrons. The van der Waals surface area contributed by atoms with Crippen molar-refractivity contribution in [2.75, 3.05) is 0 Å². The molecule has 3 aromatic heterocycles. The molecule has 0 spiro atoms. The van der Waals surface area contributed by atoms with E-state index < -0.39 is 0 Å². The zero-order valence-electron chi connectivity index (χ0n) is 21.7. The summed E-state index contributed by atoms with van der Waals surface area (Å²) in [6.45, 7) is 0. The molecule has 0 saturated carbocycles. The summed E-state index contributed by atoms with van der Waals surface area (Å²) in [7, 11) is 0. The molecule has 9 aromatic rings. The van der Waals surface area contributed by atoms with E-state index in [-0.39, 0.29) is 0 Å². The van der Waals surface area contributed by atoms with Crippen molar-refractivity contribution in [2.24, 2.45) is 0 Å². The van der Waals surface area contributed by atoms with E-state index in [2.05, 4.69) is 118 Å². The van der Waals surface area contributed by atoms with Crippen LogP contribution in [-0.2, 0) is 12.8 Å². The van der Waals surface area contributed by atoms with Crippen LogP contribution < -0.4 is 0 Å². The van der Waals surface area contributed by atoms with Crippen LogP contribution >= 0.6 is 0 Å². The highest BCUT2D eigenvalue weighted by Gasteiger charge is 2.28. The maximum atomic E-state index is 2.60. The first-order chi connectivity index (χ1) is 19.9. The van der Waals surface area contributed by atoms with Crippen molar-refractivity contribution in [2.45, 2.75) is 12.8 Å². The Morgan fingerprint density at radius 2 is 0.975 bits per heavy atom. The van der Waals surface area contributed by atoms with Crippen molar-refractivity contribution in [1.82, 2.24) is 8.80 Å². The predicted molar refractivity (Wildman–Crippen MR) is 166 cm³/mol. The summed E-state index contributed by atoms with van der Waals surface area (Å²) in [5.74, 6) is 0. The molecule has 3 heterocycles. The van der Waals surface area contributed by atoms with E-state index in [1.165, 1.54) is 99.2 Å². The van der Waals surface area contributed by atoms with Gasteiger partial charge in [-0.2, -0.15) is 0 Å². The van der Waals surface area contributed by atoms with Crippen molar-refractivity contribution < 1.29 is 0 Å². The van der Waals surface area contributed by atoms with E-state index in [4.69, 9.17) is 0 Å². The van der Waals surface area contributed by atoms with Gasteiger partial charge in [-0.3, -0.25) is 0 Å². The van der Waals surface area contributed by atoms with Crippen molar-refractivity contribution in [3.05, 3.63) is 131 Å². The molecule has 0 N–H and O–H groups in total. The smallest absolute Gasteiger partial charge is 0.0783 e. The normalized spacial score (nSPS) is 13.8. The van der Waals surface area contributed by atoms with Gasteiger partial charge in [-0.25, -0.2) is 0 Å². The van der Waals surface area contributed by atoms with Crippen molar-refractivity contribution in [1.29, 1.82) is 0 Å². The number of rotatable bonds is 0. The number of aromatic nitrogens is 2. The van der Waals surface area contributed by atoms with Crippen LogP contribution in [0.15, 0.2) is 109 Å². The van der Waals surface area contributed by atoms with E-state index >= 15 is 0 Å². The molecule has 11 rings (SSSR count). The minimum Gasteiger partial charge on any atom is -0.305 e. The van der Waals surface area contributed by atoms with Gasteiger partial charge in [-0.1, -0.05) is 91.0 Å². The van der Waals surface area contributed by atoms with E-state index in [0.717, 1.165) is 12.8 Å². The number of hydrogen-bond donors (Lipinski definition) is 0. The fourth-order valence-electron chi connectivity index (χ4n) is 8.39. The third kappa shape index (κ3) is 2.08. The summed E-state index contributed by atoms with van der Waals surface area (Å²) in [5.41, 5.74) is 19.3. The van der Waals surface area contributed by atoms with E-state index in [1.807, 2.05) is 0 Å². The monoisotopic (exact) mass is 506 g/mol. The summed E-state index contributed by atoms with van der Waals surface area (Å²) in [4.78, 5) is 0. The second kappa shape index (κ2) is 6.55. The number of para-hydroxylation sites is 2. The van der Waals surface area contributed by atoms with Crippen molar-refractivity contribution in [3.8, 4) is 22.3 Å². The largest absolute Gasteiger partial charge is 0.305 e. The van der Waals surface area contributed by atoms with Gasteiger partial charge in [0.1, 0.15) is 0 Å². The second-order valence-electron chi connectivity index (χ2n) is 11.7. The molecular weight excluding hydrogens is 484 g/mol. The highest BCUT2D eigenvalue weighted by molar-refractivity contribution is 6.23. The lowest BCUT2D eigenvalue weighted by Gasteiger charge is -2.12. The Bertz CT molecular complexity index is 2590. The van der Waals surface area contributed by atoms with Crippen LogP contribution in [0.1, 0.15) is 22.3 Å². The Morgan fingerprint density at radius 3 is 1.77 bits per heavy atom. The minimum atomic E-state index is 0.985. The third-order valence-electron chi connectivity index (χ3n) is 9.91.